The van der Waals surface area contributed by atoms with E-state index in [0.717, 1.165) is 12.8 Å². The van der Waals surface area contributed by atoms with E-state index >= 15 is 0 Å². The maximum absolute atomic E-state index is 11.3. The van der Waals surface area contributed by atoms with Crippen LogP contribution in [0.25, 0.3) is 0 Å². The van der Waals surface area contributed by atoms with Gasteiger partial charge in [0, 0.05) is 5.33 Å². The zero-order valence-electron chi connectivity index (χ0n) is 7.47. The molecule has 1 saturated carbocycles. The van der Waals surface area contributed by atoms with Gasteiger partial charge in [-0.3, -0.25) is 4.79 Å². The zero-order chi connectivity index (χ0) is 9.68. The summed E-state index contributed by atoms with van der Waals surface area (Å²) in [7, 11) is 0. The maximum Gasteiger partial charge on any atom is 0.320 e. The first-order valence-corrected chi connectivity index (χ1v) is 6.68. The van der Waals surface area contributed by atoms with Crippen LogP contribution in [-0.4, -0.2) is 22.2 Å². The Balaban J connectivity index is 2.26. The van der Waals surface area contributed by atoms with Crippen LogP contribution in [0.4, 0.5) is 0 Å². The van der Waals surface area contributed by atoms with Crippen molar-refractivity contribution < 1.29 is 9.53 Å². The van der Waals surface area contributed by atoms with Crippen LogP contribution < -0.4 is 0 Å². The maximum atomic E-state index is 11.3. The summed E-state index contributed by atoms with van der Waals surface area (Å²) >= 11 is 6.48. The summed E-state index contributed by atoms with van der Waals surface area (Å²) < 4.78 is 5.33. The van der Waals surface area contributed by atoms with E-state index in [1.165, 1.54) is 19.3 Å². The highest BCUT2D eigenvalue weighted by atomic mass is 79.9. The van der Waals surface area contributed by atoms with Crippen molar-refractivity contribution in [2.24, 2.45) is 0 Å². The molecule has 0 radical (unpaired) electrons. The summed E-state index contributed by atoms with van der Waals surface area (Å²) in [5.74, 6) is -0.135. The normalized spacial score (nSPS) is 21.1. The molecule has 0 aromatic rings. The second kappa shape index (κ2) is 6.02. The van der Waals surface area contributed by atoms with Gasteiger partial charge in [0.2, 0.25) is 0 Å². The van der Waals surface area contributed by atoms with E-state index in [-0.39, 0.29) is 16.9 Å². The van der Waals surface area contributed by atoms with Crippen molar-refractivity contribution in [3.63, 3.8) is 0 Å². The number of carbonyl (C=O) groups excluding carboxylic acids is 1. The number of rotatable bonds is 3. The Morgan fingerprint density at radius 2 is 2.00 bits per heavy atom. The molecule has 1 aliphatic carbocycles. The van der Waals surface area contributed by atoms with Crippen molar-refractivity contribution in [3.05, 3.63) is 0 Å². The standard InChI is InChI=1S/C9H14Br2O2/c10-6-8(11)9(12)13-7-4-2-1-3-5-7/h7-8H,1-6H2. The minimum atomic E-state index is -0.200. The first-order chi connectivity index (χ1) is 6.24. The van der Waals surface area contributed by atoms with Crippen molar-refractivity contribution in [2.75, 3.05) is 5.33 Å². The van der Waals surface area contributed by atoms with Gasteiger partial charge in [0.25, 0.3) is 0 Å². The molecule has 2 nitrogen and oxygen atoms in total. The van der Waals surface area contributed by atoms with Crippen molar-refractivity contribution in [1.82, 2.24) is 0 Å². The highest BCUT2D eigenvalue weighted by Gasteiger charge is 2.21. The average Bonchev–Trinajstić information content (AvgIpc) is 2.18. The van der Waals surface area contributed by atoms with Gasteiger partial charge < -0.3 is 4.74 Å². The molecule has 1 aliphatic rings. The summed E-state index contributed by atoms with van der Waals surface area (Å²) in [5, 5.41) is 0.610. The lowest BCUT2D eigenvalue weighted by Crippen LogP contribution is -2.26. The molecule has 0 bridgehead atoms. The fourth-order valence-electron chi connectivity index (χ4n) is 1.48. The Bertz CT molecular complexity index is 167. The highest BCUT2D eigenvalue weighted by Crippen LogP contribution is 2.21. The smallest absolute Gasteiger partial charge is 0.320 e. The van der Waals surface area contributed by atoms with Gasteiger partial charge in [0.1, 0.15) is 10.9 Å². The highest BCUT2D eigenvalue weighted by molar-refractivity contribution is 9.12. The van der Waals surface area contributed by atoms with Gasteiger partial charge in [-0.2, -0.15) is 0 Å². The molecule has 1 unspecified atom stereocenters. The summed E-state index contributed by atoms with van der Waals surface area (Å²) in [5.41, 5.74) is 0. The third-order valence-electron chi connectivity index (χ3n) is 2.23. The van der Waals surface area contributed by atoms with E-state index in [4.69, 9.17) is 4.74 Å². The minimum Gasteiger partial charge on any atom is -0.462 e. The number of alkyl halides is 2. The molecule has 0 N–H and O–H groups in total. The van der Waals surface area contributed by atoms with Crippen LogP contribution in [0.2, 0.25) is 0 Å². The molecular formula is C9H14Br2O2. The molecule has 0 aliphatic heterocycles. The number of carbonyl (C=O) groups is 1. The average molecular weight is 314 g/mol. The van der Waals surface area contributed by atoms with Gasteiger partial charge in [0.15, 0.2) is 0 Å². The van der Waals surface area contributed by atoms with Gasteiger partial charge in [-0.05, 0) is 25.7 Å². The summed E-state index contributed by atoms with van der Waals surface area (Å²) in [6, 6.07) is 0. The van der Waals surface area contributed by atoms with Gasteiger partial charge >= 0.3 is 5.97 Å². The zero-order valence-corrected chi connectivity index (χ0v) is 10.6. The van der Waals surface area contributed by atoms with Crippen LogP contribution >= 0.6 is 31.9 Å². The Kier molecular flexibility index (Phi) is 5.32. The lowest BCUT2D eigenvalue weighted by molar-refractivity contribution is -0.149. The fourth-order valence-corrected chi connectivity index (χ4v) is 1.86. The monoisotopic (exact) mass is 312 g/mol. The molecule has 0 amide bonds. The molecule has 4 heteroatoms. The molecule has 1 fully saturated rings. The van der Waals surface area contributed by atoms with Gasteiger partial charge in [-0.15, -0.1) is 0 Å². The summed E-state index contributed by atoms with van der Waals surface area (Å²) in [6.07, 6.45) is 5.91. The Hall–Kier alpha value is 0.430. The SMILES string of the molecule is O=C(OC1CCCCC1)C(Br)CBr. The first-order valence-electron chi connectivity index (χ1n) is 4.64. The molecule has 0 spiro atoms. The molecule has 0 heterocycles. The molecule has 0 saturated heterocycles. The second-order valence-electron chi connectivity index (χ2n) is 3.32. The number of ether oxygens (including phenoxy) is 1. The Labute approximate surface area is 95.7 Å². The lowest BCUT2D eigenvalue weighted by atomic mass is 9.98. The number of esters is 1. The van der Waals surface area contributed by atoms with Crippen molar-refractivity contribution >= 4 is 37.8 Å². The third kappa shape index (κ3) is 3.98. The van der Waals surface area contributed by atoms with Crippen molar-refractivity contribution in [3.8, 4) is 0 Å². The fraction of sp³-hybridized carbons (Fsp3) is 0.889. The summed E-state index contributed by atoms with van der Waals surface area (Å²) in [4.78, 5) is 11.1. The molecule has 1 rings (SSSR count). The van der Waals surface area contributed by atoms with E-state index in [9.17, 15) is 4.79 Å². The summed E-state index contributed by atoms with van der Waals surface area (Å²) in [6.45, 7) is 0. The van der Waals surface area contributed by atoms with E-state index in [2.05, 4.69) is 31.9 Å². The second-order valence-corrected chi connectivity index (χ2v) is 5.07. The van der Waals surface area contributed by atoms with Crippen molar-refractivity contribution in [1.29, 1.82) is 0 Å². The van der Waals surface area contributed by atoms with Gasteiger partial charge in [0.05, 0.1) is 0 Å². The van der Waals surface area contributed by atoms with Crippen LogP contribution in [0.15, 0.2) is 0 Å². The minimum absolute atomic E-state index is 0.135. The van der Waals surface area contributed by atoms with E-state index in [0.29, 0.717) is 5.33 Å². The molecular weight excluding hydrogens is 300 g/mol. The van der Waals surface area contributed by atoms with E-state index in [1.807, 2.05) is 0 Å². The Morgan fingerprint density at radius 1 is 1.38 bits per heavy atom. The molecule has 1 atom stereocenters. The molecule has 0 aromatic carbocycles. The van der Waals surface area contributed by atoms with Crippen LogP contribution in [-0.2, 0) is 9.53 Å². The van der Waals surface area contributed by atoms with E-state index in [1.54, 1.807) is 0 Å². The van der Waals surface area contributed by atoms with E-state index < -0.39 is 0 Å². The quantitative estimate of drug-likeness (QED) is 0.591. The molecule has 0 aromatic heterocycles. The number of hydrogen-bond acceptors (Lipinski definition) is 2. The van der Waals surface area contributed by atoms with Crippen LogP contribution in [0.1, 0.15) is 32.1 Å². The molecule has 13 heavy (non-hydrogen) atoms. The van der Waals surface area contributed by atoms with Gasteiger partial charge in [-0.25, -0.2) is 0 Å². The van der Waals surface area contributed by atoms with Gasteiger partial charge in [-0.1, -0.05) is 38.3 Å². The topological polar surface area (TPSA) is 26.3 Å². The predicted octanol–water partition coefficient (Wildman–Crippen LogP) is 3.02. The largest absolute Gasteiger partial charge is 0.462 e. The third-order valence-corrected chi connectivity index (χ3v) is 4.44. The lowest BCUT2D eigenvalue weighted by Gasteiger charge is -2.22. The van der Waals surface area contributed by atoms with Crippen molar-refractivity contribution in [2.45, 2.75) is 43.0 Å². The van der Waals surface area contributed by atoms with Crippen LogP contribution in [0, 0.1) is 0 Å². The Morgan fingerprint density at radius 3 is 2.54 bits per heavy atom. The number of halogens is 2. The first kappa shape index (κ1) is 11.5. The van der Waals surface area contributed by atoms with Crippen LogP contribution in [0.5, 0.6) is 0 Å². The molecule has 76 valence electrons. The van der Waals surface area contributed by atoms with Crippen LogP contribution in [0.3, 0.4) is 0 Å². The predicted molar refractivity (Wildman–Crippen MR) is 59.5 cm³/mol. The number of hydrogen-bond donors (Lipinski definition) is 0.